The summed E-state index contributed by atoms with van der Waals surface area (Å²) in [5.41, 5.74) is 0.546. The van der Waals surface area contributed by atoms with E-state index in [1.54, 1.807) is 26.4 Å². The molecule has 0 spiro atoms. The number of nitrogens with zero attached hydrogens (tertiary/aromatic N) is 3. The number of hydrogen-bond donors (Lipinski definition) is 1. The maximum Gasteiger partial charge on any atom is 0.308 e. The van der Waals surface area contributed by atoms with Crippen LogP contribution >= 0.6 is 0 Å². The minimum absolute atomic E-state index is 0.0374. The van der Waals surface area contributed by atoms with Gasteiger partial charge < -0.3 is 14.9 Å². The highest BCUT2D eigenvalue weighted by molar-refractivity contribution is 5.93. The van der Waals surface area contributed by atoms with Crippen LogP contribution in [0.3, 0.4) is 0 Å². The summed E-state index contributed by atoms with van der Waals surface area (Å²) in [6.45, 7) is 0. The van der Waals surface area contributed by atoms with E-state index in [0.717, 1.165) is 18.7 Å². The molecule has 3 heterocycles. The zero-order valence-electron chi connectivity index (χ0n) is 12.2. The van der Waals surface area contributed by atoms with Crippen LogP contribution in [0.2, 0.25) is 0 Å². The number of anilines is 1. The lowest BCUT2D eigenvalue weighted by atomic mass is 9.89. The fourth-order valence-corrected chi connectivity index (χ4v) is 3.53. The molecule has 3 unspecified atom stereocenters. The van der Waals surface area contributed by atoms with E-state index in [-0.39, 0.29) is 23.9 Å². The molecule has 0 saturated carbocycles. The lowest BCUT2D eigenvalue weighted by molar-refractivity contribution is -0.142. The topological polar surface area (TPSA) is 73.7 Å². The Balaban J connectivity index is 1.82. The van der Waals surface area contributed by atoms with E-state index in [4.69, 9.17) is 0 Å². The molecule has 3 rings (SSSR count). The van der Waals surface area contributed by atoms with Gasteiger partial charge in [-0.2, -0.15) is 0 Å². The lowest BCUT2D eigenvalue weighted by Gasteiger charge is -2.24. The van der Waals surface area contributed by atoms with Gasteiger partial charge in [-0.25, -0.2) is 4.98 Å². The summed E-state index contributed by atoms with van der Waals surface area (Å²) in [4.78, 5) is 31.2. The van der Waals surface area contributed by atoms with E-state index in [1.165, 1.54) is 4.90 Å². The summed E-state index contributed by atoms with van der Waals surface area (Å²) in [6.07, 6.45) is 4.20. The predicted octanol–water partition coefficient (Wildman–Crippen LogP) is 1.23. The van der Waals surface area contributed by atoms with Crippen LogP contribution in [0.1, 0.15) is 29.6 Å². The third-order valence-electron chi connectivity index (χ3n) is 4.52. The Morgan fingerprint density at radius 1 is 1.33 bits per heavy atom. The molecule has 3 atom stereocenters. The molecule has 2 bridgehead atoms. The third kappa shape index (κ3) is 2.24. The molecule has 0 radical (unpaired) electrons. The number of rotatable bonds is 3. The zero-order chi connectivity index (χ0) is 15.1. The summed E-state index contributed by atoms with van der Waals surface area (Å²) in [5.74, 6) is -0.316. The van der Waals surface area contributed by atoms with Crippen molar-refractivity contribution in [3.63, 3.8) is 0 Å². The minimum Gasteiger partial charge on any atom is -0.481 e. The van der Waals surface area contributed by atoms with Crippen LogP contribution < -0.4 is 4.90 Å². The summed E-state index contributed by atoms with van der Waals surface area (Å²) in [7, 11) is 3.41. The van der Waals surface area contributed by atoms with Gasteiger partial charge in [0.15, 0.2) is 0 Å². The number of carbonyl (C=O) groups excluding carboxylic acids is 1. The second kappa shape index (κ2) is 5.02. The number of amides is 1. The van der Waals surface area contributed by atoms with Gasteiger partial charge in [-0.1, -0.05) is 0 Å². The number of carboxylic acids is 1. The quantitative estimate of drug-likeness (QED) is 0.906. The number of carboxylic acid groups (broad SMARTS) is 1. The van der Waals surface area contributed by atoms with Crippen LogP contribution in [0.4, 0.5) is 5.82 Å². The third-order valence-corrected chi connectivity index (χ3v) is 4.52. The summed E-state index contributed by atoms with van der Waals surface area (Å²) in [6, 6.07) is 3.89. The maximum atomic E-state index is 11.9. The molecule has 2 fully saturated rings. The van der Waals surface area contributed by atoms with Crippen LogP contribution in [0, 0.1) is 5.92 Å². The van der Waals surface area contributed by atoms with Crippen molar-refractivity contribution in [3.05, 3.63) is 23.9 Å². The van der Waals surface area contributed by atoms with Gasteiger partial charge in [-0.05, 0) is 31.4 Å². The number of fused-ring (bicyclic) bond motifs is 2. The van der Waals surface area contributed by atoms with Crippen molar-refractivity contribution < 1.29 is 14.7 Å². The Hall–Kier alpha value is -2.11. The maximum absolute atomic E-state index is 11.9. The average Bonchev–Trinajstić information content (AvgIpc) is 3.04. The zero-order valence-corrected chi connectivity index (χ0v) is 12.2. The van der Waals surface area contributed by atoms with Crippen molar-refractivity contribution in [3.8, 4) is 0 Å². The van der Waals surface area contributed by atoms with E-state index in [1.807, 2.05) is 6.07 Å². The number of carbonyl (C=O) groups is 2. The monoisotopic (exact) mass is 289 g/mol. The molecule has 2 aliphatic rings. The number of pyridine rings is 1. The molecule has 1 aromatic heterocycles. The molecule has 6 nitrogen and oxygen atoms in total. The Morgan fingerprint density at radius 2 is 2.10 bits per heavy atom. The van der Waals surface area contributed by atoms with E-state index < -0.39 is 5.97 Å². The highest BCUT2D eigenvalue weighted by Crippen LogP contribution is 2.43. The molecule has 2 saturated heterocycles. The molecule has 1 N–H and O–H groups in total. The summed E-state index contributed by atoms with van der Waals surface area (Å²) in [5, 5.41) is 9.28. The van der Waals surface area contributed by atoms with Crippen LogP contribution in [-0.4, -0.2) is 53.0 Å². The molecular weight excluding hydrogens is 270 g/mol. The molecule has 0 aliphatic carbocycles. The van der Waals surface area contributed by atoms with Crippen molar-refractivity contribution in [2.75, 3.05) is 19.0 Å². The molecule has 6 heteroatoms. The van der Waals surface area contributed by atoms with Gasteiger partial charge in [0.25, 0.3) is 5.91 Å². The van der Waals surface area contributed by atoms with Gasteiger partial charge in [0, 0.05) is 32.4 Å². The Kier molecular flexibility index (Phi) is 3.31. The van der Waals surface area contributed by atoms with E-state index >= 15 is 0 Å². The summed E-state index contributed by atoms with van der Waals surface area (Å²) < 4.78 is 0. The van der Waals surface area contributed by atoms with Crippen molar-refractivity contribution in [1.82, 2.24) is 9.88 Å². The molecule has 112 valence electrons. The molecule has 1 aromatic rings. The van der Waals surface area contributed by atoms with Gasteiger partial charge in [-0.15, -0.1) is 0 Å². The Labute approximate surface area is 123 Å². The van der Waals surface area contributed by atoms with E-state index in [9.17, 15) is 14.7 Å². The molecular formula is C15H19N3O3. The van der Waals surface area contributed by atoms with Gasteiger partial charge in [0.05, 0.1) is 11.5 Å². The number of hydrogen-bond acceptors (Lipinski definition) is 4. The smallest absolute Gasteiger partial charge is 0.308 e. The second-order valence-corrected chi connectivity index (χ2v) is 5.99. The van der Waals surface area contributed by atoms with Gasteiger partial charge in [-0.3, -0.25) is 9.59 Å². The number of aliphatic carboxylic acids is 1. The standard InChI is InChI=1S/C15H19N3O3/c1-17(2)14(19)9-3-6-13(16-8-9)18-10-4-5-12(18)11(7-10)15(20)21/h3,6,8,10-12H,4-5,7H2,1-2H3,(H,20,21). The molecule has 21 heavy (non-hydrogen) atoms. The highest BCUT2D eigenvalue weighted by Gasteiger charge is 2.49. The molecule has 2 aliphatic heterocycles. The normalized spacial score (nSPS) is 27.0. The summed E-state index contributed by atoms with van der Waals surface area (Å²) >= 11 is 0. The Morgan fingerprint density at radius 3 is 2.62 bits per heavy atom. The minimum atomic E-state index is -0.716. The fourth-order valence-electron chi connectivity index (χ4n) is 3.53. The lowest BCUT2D eigenvalue weighted by Crippen LogP contribution is -2.33. The highest BCUT2D eigenvalue weighted by atomic mass is 16.4. The first kappa shape index (κ1) is 13.9. The first-order valence-corrected chi connectivity index (χ1v) is 7.18. The average molecular weight is 289 g/mol. The largest absolute Gasteiger partial charge is 0.481 e. The van der Waals surface area contributed by atoms with E-state index in [0.29, 0.717) is 12.0 Å². The Bertz CT molecular complexity index is 570. The van der Waals surface area contributed by atoms with E-state index in [2.05, 4.69) is 9.88 Å². The molecule has 0 aromatic carbocycles. The fraction of sp³-hybridized carbons (Fsp3) is 0.533. The van der Waals surface area contributed by atoms with Crippen molar-refractivity contribution in [1.29, 1.82) is 0 Å². The molecule has 1 amide bonds. The number of aromatic nitrogens is 1. The van der Waals surface area contributed by atoms with Gasteiger partial charge in [0.1, 0.15) is 5.82 Å². The SMILES string of the molecule is CN(C)C(=O)c1ccc(N2C3CCC2C(C(=O)O)C3)nc1. The predicted molar refractivity (Wildman–Crippen MR) is 77.3 cm³/mol. The van der Waals surface area contributed by atoms with Gasteiger partial charge >= 0.3 is 5.97 Å². The first-order valence-electron chi connectivity index (χ1n) is 7.18. The van der Waals surface area contributed by atoms with Crippen LogP contribution in [0.15, 0.2) is 18.3 Å². The van der Waals surface area contributed by atoms with Gasteiger partial charge in [0.2, 0.25) is 0 Å². The van der Waals surface area contributed by atoms with Crippen LogP contribution in [0.25, 0.3) is 0 Å². The van der Waals surface area contributed by atoms with Crippen molar-refractivity contribution >= 4 is 17.7 Å². The van der Waals surface area contributed by atoms with Crippen molar-refractivity contribution in [2.24, 2.45) is 5.92 Å². The second-order valence-electron chi connectivity index (χ2n) is 5.99. The van der Waals surface area contributed by atoms with Crippen LogP contribution in [0.5, 0.6) is 0 Å². The van der Waals surface area contributed by atoms with Crippen LogP contribution in [-0.2, 0) is 4.79 Å². The first-order chi connectivity index (χ1) is 9.99. The van der Waals surface area contributed by atoms with Crippen molar-refractivity contribution in [2.45, 2.75) is 31.3 Å².